The van der Waals surface area contributed by atoms with Gasteiger partial charge in [0.2, 0.25) is 0 Å². The highest BCUT2D eigenvalue weighted by molar-refractivity contribution is 9.10. The van der Waals surface area contributed by atoms with Crippen molar-refractivity contribution in [2.24, 2.45) is 0 Å². The molecule has 2 nitrogen and oxygen atoms in total. The summed E-state index contributed by atoms with van der Waals surface area (Å²) in [6, 6.07) is 28.0. The summed E-state index contributed by atoms with van der Waals surface area (Å²) >= 11 is 3.39. The zero-order valence-corrected chi connectivity index (χ0v) is 17.6. The van der Waals surface area contributed by atoms with Crippen LogP contribution in [0.2, 0.25) is 0 Å². The van der Waals surface area contributed by atoms with Crippen molar-refractivity contribution in [1.29, 1.82) is 0 Å². The Labute approximate surface area is 186 Å². The van der Waals surface area contributed by atoms with E-state index in [0.717, 1.165) is 33.5 Å². The van der Waals surface area contributed by atoms with Crippen LogP contribution in [0.5, 0.6) is 23.0 Å². The van der Waals surface area contributed by atoms with Crippen LogP contribution in [0.25, 0.3) is 11.1 Å². The summed E-state index contributed by atoms with van der Waals surface area (Å²) in [7, 11) is 0. The largest absolute Gasteiger partial charge is 0.457 e. The maximum atomic E-state index is 12.7. The highest BCUT2D eigenvalue weighted by atomic mass is 79.9. The summed E-state index contributed by atoms with van der Waals surface area (Å²) < 4.78 is 50.5. The predicted octanol–water partition coefficient (Wildman–Crippen LogP) is 8.52. The number of ether oxygens (including phenoxy) is 2. The smallest absolute Gasteiger partial charge is 0.416 e. The molecule has 0 heterocycles. The Balaban J connectivity index is 1.46. The first-order valence-corrected chi connectivity index (χ1v) is 10.1. The number of hydrogen-bond acceptors (Lipinski definition) is 2. The average molecular weight is 484 g/mol. The van der Waals surface area contributed by atoms with Gasteiger partial charge in [-0.3, -0.25) is 0 Å². The van der Waals surface area contributed by atoms with Crippen molar-refractivity contribution in [1.82, 2.24) is 0 Å². The lowest BCUT2D eigenvalue weighted by Crippen LogP contribution is -2.03. The predicted molar refractivity (Wildman–Crippen MR) is 116 cm³/mol. The topological polar surface area (TPSA) is 18.5 Å². The van der Waals surface area contributed by atoms with Gasteiger partial charge >= 0.3 is 6.18 Å². The SMILES string of the molecule is FC(F)(F)c1ccc(Oc2ccc(-c3[c]ccc(Oc4ccc(Br)cc4)c3)cc2)cc1. The Bertz CT molecular complexity index is 1150. The summed E-state index contributed by atoms with van der Waals surface area (Å²) in [5, 5.41) is 0. The minimum absolute atomic E-state index is 0.331. The van der Waals surface area contributed by atoms with Crippen molar-refractivity contribution in [2.45, 2.75) is 6.18 Å². The van der Waals surface area contributed by atoms with E-state index >= 15 is 0 Å². The Morgan fingerprint density at radius 2 is 1.16 bits per heavy atom. The Kier molecular flexibility index (Phi) is 6.00. The molecule has 0 saturated carbocycles. The lowest BCUT2D eigenvalue weighted by molar-refractivity contribution is -0.137. The van der Waals surface area contributed by atoms with Crippen LogP contribution in [0, 0.1) is 6.07 Å². The van der Waals surface area contributed by atoms with Crippen molar-refractivity contribution in [2.75, 3.05) is 0 Å². The third-order valence-corrected chi connectivity index (χ3v) is 4.93. The van der Waals surface area contributed by atoms with Crippen LogP contribution in [0.3, 0.4) is 0 Å². The molecule has 0 atom stereocenters. The molecule has 6 heteroatoms. The van der Waals surface area contributed by atoms with Crippen LogP contribution in [0.15, 0.2) is 95.5 Å². The molecule has 0 unspecified atom stereocenters. The van der Waals surface area contributed by atoms with Gasteiger partial charge in [-0.25, -0.2) is 0 Å². The van der Waals surface area contributed by atoms with Gasteiger partial charge in [0, 0.05) is 4.47 Å². The molecule has 1 radical (unpaired) electrons. The quantitative estimate of drug-likeness (QED) is 0.283. The van der Waals surface area contributed by atoms with Gasteiger partial charge in [0.05, 0.1) is 5.56 Å². The van der Waals surface area contributed by atoms with Crippen LogP contribution in [-0.2, 0) is 6.18 Å². The standard InChI is InChI=1S/C25H15BrF3O2/c26-20-8-14-23(15-9-20)31-24-3-1-2-18(16-24)17-4-10-21(11-5-17)30-22-12-6-19(7-13-22)25(27,28)29/h1,3-16H. The van der Waals surface area contributed by atoms with Crippen molar-refractivity contribution in [3.63, 3.8) is 0 Å². The molecule has 0 spiro atoms. The number of alkyl halides is 3. The highest BCUT2D eigenvalue weighted by Gasteiger charge is 2.30. The molecule has 4 aromatic rings. The van der Waals surface area contributed by atoms with E-state index in [4.69, 9.17) is 9.47 Å². The molecule has 0 fully saturated rings. The Hall–Kier alpha value is -3.25. The molecular formula is C25H15BrF3O2. The van der Waals surface area contributed by atoms with E-state index in [1.54, 1.807) is 18.2 Å². The fourth-order valence-corrected chi connectivity index (χ4v) is 3.13. The molecule has 4 rings (SSSR count). The van der Waals surface area contributed by atoms with Crippen molar-refractivity contribution < 1.29 is 22.6 Å². The third-order valence-electron chi connectivity index (χ3n) is 4.41. The number of benzene rings is 4. The minimum Gasteiger partial charge on any atom is -0.457 e. The molecule has 155 valence electrons. The Morgan fingerprint density at radius 1 is 0.645 bits per heavy atom. The van der Waals surface area contributed by atoms with E-state index in [1.807, 2.05) is 48.5 Å². The first-order valence-electron chi connectivity index (χ1n) is 9.27. The van der Waals surface area contributed by atoms with E-state index in [2.05, 4.69) is 22.0 Å². The minimum atomic E-state index is -4.37. The van der Waals surface area contributed by atoms with Crippen LogP contribution in [-0.4, -0.2) is 0 Å². The van der Waals surface area contributed by atoms with E-state index in [9.17, 15) is 13.2 Å². The summed E-state index contributed by atoms with van der Waals surface area (Å²) in [5.41, 5.74) is 1.03. The molecule has 0 amide bonds. The molecule has 0 aliphatic rings. The summed E-state index contributed by atoms with van der Waals surface area (Å²) in [4.78, 5) is 0. The van der Waals surface area contributed by atoms with E-state index < -0.39 is 11.7 Å². The molecule has 0 aromatic heterocycles. The lowest BCUT2D eigenvalue weighted by atomic mass is 10.1. The molecule has 31 heavy (non-hydrogen) atoms. The monoisotopic (exact) mass is 483 g/mol. The zero-order valence-electron chi connectivity index (χ0n) is 16.0. The van der Waals surface area contributed by atoms with Crippen molar-refractivity contribution in [3.05, 3.63) is 107 Å². The van der Waals surface area contributed by atoms with Gasteiger partial charge in [-0.2, -0.15) is 13.2 Å². The molecule has 0 aliphatic carbocycles. The molecule has 0 saturated heterocycles. The van der Waals surface area contributed by atoms with Gasteiger partial charge in [-0.15, -0.1) is 0 Å². The van der Waals surface area contributed by atoms with Gasteiger partial charge < -0.3 is 9.47 Å². The number of halogens is 4. The van der Waals surface area contributed by atoms with Crippen molar-refractivity contribution >= 4 is 15.9 Å². The second-order valence-corrected chi connectivity index (χ2v) is 7.56. The van der Waals surface area contributed by atoms with Crippen molar-refractivity contribution in [3.8, 4) is 34.1 Å². The van der Waals surface area contributed by atoms with Crippen LogP contribution < -0.4 is 9.47 Å². The molecule has 0 aliphatic heterocycles. The van der Waals surface area contributed by atoms with Gasteiger partial charge in [0.25, 0.3) is 0 Å². The van der Waals surface area contributed by atoms with Crippen LogP contribution in [0.4, 0.5) is 13.2 Å². The van der Waals surface area contributed by atoms with Gasteiger partial charge in [-0.05, 0) is 90.0 Å². The molecule has 4 aromatic carbocycles. The summed E-state index contributed by atoms with van der Waals surface area (Å²) in [6.45, 7) is 0. The number of rotatable bonds is 5. The number of hydrogen-bond donors (Lipinski definition) is 0. The van der Waals surface area contributed by atoms with E-state index in [-0.39, 0.29) is 0 Å². The van der Waals surface area contributed by atoms with E-state index in [0.29, 0.717) is 17.2 Å². The molecule has 0 N–H and O–H groups in total. The van der Waals surface area contributed by atoms with Crippen LogP contribution in [0.1, 0.15) is 5.56 Å². The maximum absolute atomic E-state index is 12.7. The second-order valence-electron chi connectivity index (χ2n) is 6.64. The first kappa shape index (κ1) is 21.0. The summed E-state index contributed by atoms with van der Waals surface area (Å²) in [5.74, 6) is 2.25. The van der Waals surface area contributed by atoms with Crippen LogP contribution >= 0.6 is 15.9 Å². The zero-order chi connectivity index (χ0) is 21.8. The fourth-order valence-electron chi connectivity index (χ4n) is 2.87. The average Bonchev–Trinajstić information content (AvgIpc) is 2.76. The molecule has 0 bridgehead atoms. The second kappa shape index (κ2) is 8.86. The maximum Gasteiger partial charge on any atom is 0.416 e. The van der Waals surface area contributed by atoms with E-state index in [1.165, 1.54) is 12.1 Å². The lowest BCUT2D eigenvalue weighted by Gasteiger charge is -2.10. The van der Waals surface area contributed by atoms with Gasteiger partial charge in [0.15, 0.2) is 0 Å². The fraction of sp³-hybridized carbons (Fsp3) is 0.0400. The van der Waals surface area contributed by atoms with Gasteiger partial charge in [-0.1, -0.05) is 34.1 Å². The van der Waals surface area contributed by atoms with Gasteiger partial charge in [0.1, 0.15) is 23.0 Å². The summed E-state index contributed by atoms with van der Waals surface area (Å²) in [6.07, 6.45) is -4.37. The third kappa shape index (κ3) is 5.47. The highest BCUT2D eigenvalue weighted by Crippen LogP contribution is 2.32. The Morgan fingerprint density at radius 3 is 1.74 bits per heavy atom. The normalized spacial score (nSPS) is 11.2. The molecular weight excluding hydrogens is 469 g/mol. The first-order chi connectivity index (χ1) is 14.9.